The summed E-state index contributed by atoms with van der Waals surface area (Å²) in [5.41, 5.74) is 2.52. The van der Waals surface area contributed by atoms with Gasteiger partial charge in [-0.15, -0.1) is 11.3 Å². The molecule has 1 aromatic heterocycles. The maximum absolute atomic E-state index is 4.92. The van der Waals surface area contributed by atoms with Crippen LogP contribution in [-0.4, -0.2) is 64.3 Å². The Morgan fingerprint density at radius 3 is 2.83 bits per heavy atom. The van der Waals surface area contributed by atoms with Gasteiger partial charge in [0, 0.05) is 37.6 Å². The van der Waals surface area contributed by atoms with E-state index in [4.69, 9.17) is 4.99 Å². The highest BCUT2D eigenvalue weighted by Gasteiger charge is 2.12. The lowest BCUT2D eigenvalue weighted by molar-refractivity contribution is 0.340. The molecule has 160 valence electrons. The second-order valence-electron chi connectivity index (χ2n) is 7.75. The van der Waals surface area contributed by atoms with Crippen LogP contribution in [0.15, 0.2) is 39.9 Å². The van der Waals surface area contributed by atoms with Crippen molar-refractivity contribution in [2.24, 2.45) is 15.9 Å². The third-order valence-electron chi connectivity index (χ3n) is 5.05. The number of aliphatic imine (C=N–C) groups is 2. The summed E-state index contributed by atoms with van der Waals surface area (Å²) >= 11 is 1.67. The van der Waals surface area contributed by atoms with Crippen LogP contribution in [-0.2, 0) is 0 Å². The Labute approximate surface area is 180 Å². The Hall–Kier alpha value is -1.76. The van der Waals surface area contributed by atoms with Crippen molar-refractivity contribution in [3.8, 4) is 0 Å². The van der Waals surface area contributed by atoms with E-state index in [0.29, 0.717) is 5.92 Å². The number of allylic oxidation sites excluding steroid dienone is 4. The Morgan fingerprint density at radius 1 is 1.34 bits per heavy atom. The molecule has 1 heterocycles. The number of thiophene rings is 1. The first-order chi connectivity index (χ1) is 14.0. The van der Waals surface area contributed by atoms with E-state index in [-0.39, 0.29) is 0 Å². The molecule has 1 unspecified atom stereocenters. The number of hydrogen-bond donors (Lipinski definition) is 2. The smallest absolute Gasteiger partial charge is 0.131 e. The lowest BCUT2D eigenvalue weighted by atomic mass is 9.96. The molecule has 0 bridgehead atoms. The van der Waals surface area contributed by atoms with Gasteiger partial charge in [0.2, 0.25) is 0 Å². The summed E-state index contributed by atoms with van der Waals surface area (Å²) in [6, 6.07) is 2.17. The Bertz CT molecular complexity index is 732. The highest BCUT2D eigenvalue weighted by atomic mass is 32.1. The summed E-state index contributed by atoms with van der Waals surface area (Å²) < 4.78 is 0. The molecule has 0 fully saturated rings. The lowest BCUT2D eigenvalue weighted by Crippen LogP contribution is -2.36. The van der Waals surface area contributed by atoms with E-state index >= 15 is 0 Å². The van der Waals surface area contributed by atoms with Crippen molar-refractivity contribution in [2.45, 2.75) is 33.1 Å². The molecule has 6 heteroatoms. The fourth-order valence-corrected chi connectivity index (χ4v) is 4.05. The Balaban J connectivity index is 1.95. The second kappa shape index (κ2) is 12.7. The third-order valence-corrected chi connectivity index (χ3v) is 6.03. The summed E-state index contributed by atoms with van der Waals surface area (Å²) in [4.78, 5) is 12.7. The molecule has 1 aliphatic carbocycles. The quantitative estimate of drug-likeness (QED) is 0.306. The van der Waals surface area contributed by atoms with Gasteiger partial charge in [-0.05, 0) is 59.0 Å². The average molecular weight is 416 g/mol. The first-order valence-electron chi connectivity index (χ1n) is 10.6. The van der Waals surface area contributed by atoms with Crippen molar-refractivity contribution in [1.82, 2.24) is 15.5 Å². The largest absolute Gasteiger partial charge is 0.369 e. The van der Waals surface area contributed by atoms with Crippen LogP contribution in [0, 0.1) is 12.8 Å². The van der Waals surface area contributed by atoms with Gasteiger partial charge in [0.25, 0.3) is 0 Å². The van der Waals surface area contributed by atoms with Crippen LogP contribution in [0.1, 0.15) is 36.6 Å². The lowest BCUT2D eigenvalue weighted by Gasteiger charge is -2.18. The monoisotopic (exact) mass is 415 g/mol. The minimum absolute atomic E-state index is 0.672. The molecule has 2 rings (SSSR count). The third kappa shape index (κ3) is 8.25. The fourth-order valence-electron chi connectivity index (χ4n) is 3.24. The molecule has 0 saturated heterocycles. The number of aryl methyl sites for hydroxylation is 1. The van der Waals surface area contributed by atoms with Crippen LogP contribution in [0.5, 0.6) is 0 Å². The number of nitrogens with zero attached hydrogens (tertiary/aromatic N) is 3. The maximum Gasteiger partial charge on any atom is 0.131 e. The van der Waals surface area contributed by atoms with E-state index in [9.17, 15) is 0 Å². The molecule has 5 nitrogen and oxygen atoms in total. The molecule has 0 aromatic carbocycles. The van der Waals surface area contributed by atoms with E-state index in [1.807, 2.05) is 7.05 Å². The predicted molar refractivity (Wildman–Crippen MR) is 129 cm³/mol. The van der Waals surface area contributed by atoms with E-state index in [0.717, 1.165) is 68.4 Å². The van der Waals surface area contributed by atoms with Crippen molar-refractivity contribution in [3.63, 3.8) is 0 Å². The van der Waals surface area contributed by atoms with Crippen LogP contribution in [0.3, 0.4) is 0 Å². The van der Waals surface area contributed by atoms with Crippen molar-refractivity contribution >= 4 is 28.9 Å². The van der Waals surface area contributed by atoms with Gasteiger partial charge in [-0.25, -0.2) is 0 Å². The molecule has 1 atom stereocenters. The zero-order chi connectivity index (χ0) is 21.1. The molecule has 0 amide bonds. The first-order valence-corrected chi connectivity index (χ1v) is 11.4. The summed E-state index contributed by atoms with van der Waals surface area (Å²) in [6.45, 7) is 12.8. The molecule has 0 saturated carbocycles. The van der Waals surface area contributed by atoms with E-state index < -0.39 is 0 Å². The summed E-state index contributed by atoms with van der Waals surface area (Å²) in [5.74, 6) is 1.62. The molecule has 0 radical (unpaired) electrons. The topological polar surface area (TPSA) is 52.0 Å². The Morgan fingerprint density at radius 2 is 2.14 bits per heavy atom. The molecule has 1 aliphatic rings. The highest BCUT2D eigenvalue weighted by Crippen LogP contribution is 2.30. The zero-order valence-corrected chi connectivity index (χ0v) is 19.3. The minimum atomic E-state index is 0.672. The van der Waals surface area contributed by atoms with Crippen molar-refractivity contribution < 1.29 is 0 Å². The molecule has 29 heavy (non-hydrogen) atoms. The highest BCUT2D eigenvalue weighted by molar-refractivity contribution is 7.16. The molecule has 0 aliphatic heterocycles. The molecular formula is C23H37N5S. The van der Waals surface area contributed by atoms with Crippen LogP contribution in [0.4, 0.5) is 5.00 Å². The van der Waals surface area contributed by atoms with E-state index in [1.165, 1.54) is 10.5 Å². The van der Waals surface area contributed by atoms with Crippen molar-refractivity contribution in [3.05, 3.63) is 40.3 Å². The van der Waals surface area contributed by atoms with Gasteiger partial charge in [0.15, 0.2) is 0 Å². The zero-order valence-electron chi connectivity index (χ0n) is 18.5. The van der Waals surface area contributed by atoms with E-state index in [1.54, 1.807) is 11.3 Å². The molecular weight excluding hydrogens is 378 g/mol. The van der Waals surface area contributed by atoms with Crippen molar-refractivity contribution in [2.75, 3.05) is 46.8 Å². The normalized spacial score (nSPS) is 16.9. The number of nitrogens with one attached hydrogen (secondary N) is 2. The van der Waals surface area contributed by atoms with Crippen molar-refractivity contribution in [1.29, 1.82) is 0 Å². The minimum Gasteiger partial charge on any atom is -0.369 e. The summed E-state index contributed by atoms with van der Waals surface area (Å²) in [6.07, 6.45) is 10.3. The van der Waals surface area contributed by atoms with Crippen LogP contribution < -0.4 is 10.6 Å². The number of hydrogen-bond acceptors (Lipinski definition) is 5. The number of likely N-dealkylation sites (N-methyl/N-ethyl adjacent to an activating group) is 2. The van der Waals surface area contributed by atoms with Crippen LogP contribution >= 0.6 is 11.3 Å². The van der Waals surface area contributed by atoms with Crippen LogP contribution in [0.25, 0.3) is 0 Å². The van der Waals surface area contributed by atoms with Gasteiger partial charge in [-0.1, -0.05) is 30.7 Å². The molecule has 2 N–H and O–H groups in total. The van der Waals surface area contributed by atoms with Gasteiger partial charge in [-0.2, -0.15) is 0 Å². The summed E-state index contributed by atoms with van der Waals surface area (Å²) in [5, 5.41) is 7.69. The predicted octanol–water partition coefficient (Wildman–Crippen LogP) is 4.18. The van der Waals surface area contributed by atoms with Gasteiger partial charge >= 0.3 is 0 Å². The number of amidine groups is 1. The Kier molecular flexibility index (Phi) is 10.3. The SMILES string of the molecule is C=Nc1sc(C)cc1C(=NCCCC1=CCC(C)C=C1)NCCN(C)CCNC. The average Bonchev–Trinajstić information content (AvgIpc) is 3.10. The van der Waals surface area contributed by atoms with E-state index in [2.05, 4.69) is 72.4 Å². The first kappa shape index (κ1) is 23.5. The summed E-state index contributed by atoms with van der Waals surface area (Å²) in [7, 11) is 4.13. The second-order valence-corrected chi connectivity index (χ2v) is 8.99. The van der Waals surface area contributed by atoms with Gasteiger partial charge < -0.3 is 15.5 Å². The number of rotatable bonds is 12. The molecule has 1 aromatic rings. The maximum atomic E-state index is 4.92. The van der Waals surface area contributed by atoms with Crippen LogP contribution in [0.2, 0.25) is 0 Å². The van der Waals surface area contributed by atoms with Gasteiger partial charge in [0.05, 0.1) is 5.56 Å². The molecule has 0 spiro atoms. The van der Waals surface area contributed by atoms with Gasteiger partial charge in [0.1, 0.15) is 10.8 Å². The van der Waals surface area contributed by atoms with Gasteiger partial charge in [-0.3, -0.25) is 9.98 Å². The fraction of sp³-hybridized carbons (Fsp3) is 0.565. The standard InChI is InChI=1S/C23H37N5S/c1-18-8-10-20(11-9-18)7-6-12-26-22(21-17-19(2)29-23(21)25-4)27-14-16-28(5)15-13-24-3/h8,10-11,17-18,24H,4,6-7,9,12-16H2,1-3,5H3,(H,26,27).